The monoisotopic (exact) mass is 384 g/mol. The van der Waals surface area contributed by atoms with Crippen molar-refractivity contribution < 1.29 is 15.2 Å². The minimum Gasteiger partial charge on any atom is -0.379 e. The fourth-order valence-corrected chi connectivity index (χ4v) is 4.08. The van der Waals surface area contributed by atoms with Crippen LogP contribution in [0.3, 0.4) is 0 Å². The van der Waals surface area contributed by atoms with Crippen LogP contribution in [-0.4, -0.2) is 32.0 Å². The third kappa shape index (κ3) is 15.5. The summed E-state index contributed by atoms with van der Waals surface area (Å²) < 4.78 is 11.6. The lowest BCUT2D eigenvalue weighted by Gasteiger charge is -2.11. The molecule has 1 fully saturated rings. The molecule has 2 atom stereocenters. The molecule has 0 radical (unpaired) electrons. The van der Waals surface area contributed by atoms with Crippen LogP contribution in [0.1, 0.15) is 122 Å². The molecule has 0 aromatic rings. The van der Waals surface area contributed by atoms with Crippen molar-refractivity contribution in [2.45, 2.75) is 135 Å². The smallest absolute Gasteiger partial charge is 0.107 e. The lowest BCUT2D eigenvalue weighted by molar-refractivity contribution is -0.385. The van der Waals surface area contributed by atoms with Crippen LogP contribution in [0, 0.1) is 0 Å². The van der Waals surface area contributed by atoms with Gasteiger partial charge in [0, 0.05) is 6.61 Å². The van der Waals surface area contributed by atoms with Gasteiger partial charge in [-0.1, -0.05) is 103 Å². The first kappa shape index (κ1) is 24.9. The number of unbranched alkanes of at least 4 members (excludes halogenated alkanes) is 15. The molecule has 0 saturated carbocycles. The van der Waals surface area contributed by atoms with Gasteiger partial charge < -0.3 is 15.2 Å². The third-order valence-electron chi connectivity index (χ3n) is 5.96. The summed E-state index contributed by atoms with van der Waals surface area (Å²) in [6.45, 7) is 4.89. The van der Waals surface area contributed by atoms with Gasteiger partial charge in [0.2, 0.25) is 0 Å². The van der Waals surface area contributed by atoms with Gasteiger partial charge in [0.25, 0.3) is 0 Å². The van der Waals surface area contributed by atoms with E-state index in [1.165, 1.54) is 103 Å². The van der Waals surface area contributed by atoms with E-state index in [2.05, 4.69) is 12.7 Å². The Balaban J connectivity index is 1.67. The Hall–Kier alpha value is -0.120. The maximum Gasteiger partial charge on any atom is 0.107 e. The highest BCUT2D eigenvalue weighted by Gasteiger charge is 2.25. The van der Waals surface area contributed by atoms with Crippen molar-refractivity contribution in [2.75, 3.05) is 19.8 Å². The summed E-state index contributed by atoms with van der Waals surface area (Å²) in [7, 11) is 0. The summed E-state index contributed by atoms with van der Waals surface area (Å²) in [4.78, 5) is 0. The SMILES string of the molecule is CCCCCCCCCCCCCCCCCCOC[C@H]1CC[C@@H](C[NH3+])O1. The van der Waals surface area contributed by atoms with Crippen LogP contribution in [0.4, 0.5) is 0 Å². The number of hydrogen-bond acceptors (Lipinski definition) is 2. The average molecular weight is 385 g/mol. The Kier molecular flexibility index (Phi) is 17.7. The minimum absolute atomic E-state index is 0.331. The van der Waals surface area contributed by atoms with E-state index in [1.807, 2.05) is 0 Å². The summed E-state index contributed by atoms with van der Waals surface area (Å²) >= 11 is 0. The lowest BCUT2D eigenvalue weighted by atomic mass is 10.0. The largest absolute Gasteiger partial charge is 0.379 e. The maximum atomic E-state index is 5.86. The first-order chi connectivity index (χ1) is 13.4. The van der Waals surface area contributed by atoms with Gasteiger partial charge in [-0.25, -0.2) is 0 Å². The van der Waals surface area contributed by atoms with Gasteiger partial charge in [-0.3, -0.25) is 0 Å². The molecule has 1 aliphatic heterocycles. The van der Waals surface area contributed by atoms with E-state index in [-0.39, 0.29) is 0 Å². The molecule has 1 saturated heterocycles. The number of rotatable bonds is 20. The quantitative estimate of drug-likeness (QED) is 0.260. The van der Waals surface area contributed by atoms with Gasteiger partial charge in [0.05, 0.1) is 12.7 Å². The zero-order chi connectivity index (χ0) is 19.4. The molecular weight excluding hydrogens is 334 g/mol. The van der Waals surface area contributed by atoms with Gasteiger partial charge in [-0.05, 0) is 19.3 Å². The topological polar surface area (TPSA) is 46.1 Å². The van der Waals surface area contributed by atoms with Crippen molar-refractivity contribution in [1.29, 1.82) is 0 Å². The van der Waals surface area contributed by atoms with E-state index in [1.54, 1.807) is 0 Å². The van der Waals surface area contributed by atoms with Crippen molar-refractivity contribution in [1.82, 2.24) is 0 Å². The molecule has 27 heavy (non-hydrogen) atoms. The molecule has 0 aromatic carbocycles. The molecule has 1 heterocycles. The second kappa shape index (κ2) is 19.2. The zero-order valence-corrected chi connectivity index (χ0v) is 18.5. The molecule has 3 heteroatoms. The molecule has 0 aliphatic carbocycles. The molecule has 0 spiro atoms. The Morgan fingerprint density at radius 1 is 0.667 bits per heavy atom. The van der Waals surface area contributed by atoms with Gasteiger partial charge >= 0.3 is 0 Å². The fraction of sp³-hybridized carbons (Fsp3) is 1.00. The van der Waals surface area contributed by atoms with Gasteiger partial charge in [-0.2, -0.15) is 0 Å². The van der Waals surface area contributed by atoms with Crippen molar-refractivity contribution in [3.63, 3.8) is 0 Å². The Bertz CT molecular complexity index is 298. The second-order valence-electron chi connectivity index (χ2n) is 8.62. The van der Waals surface area contributed by atoms with E-state index in [0.717, 1.165) is 32.6 Å². The van der Waals surface area contributed by atoms with Crippen molar-refractivity contribution in [3.05, 3.63) is 0 Å². The molecule has 162 valence electrons. The molecule has 1 rings (SSSR count). The van der Waals surface area contributed by atoms with E-state index in [9.17, 15) is 0 Å². The highest BCUT2D eigenvalue weighted by molar-refractivity contribution is 4.72. The van der Waals surface area contributed by atoms with Gasteiger partial charge in [0.1, 0.15) is 12.6 Å². The maximum absolute atomic E-state index is 5.86. The summed E-state index contributed by atoms with van der Waals surface area (Å²) in [6, 6.07) is 0. The third-order valence-corrected chi connectivity index (χ3v) is 5.96. The first-order valence-electron chi connectivity index (χ1n) is 12.4. The standard InChI is InChI=1S/C24H49NO2/c1-2-3-4-5-6-7-8-9-10-11-12-13-14-15-16-17-20-26-22-24-19-18-23(21-25)27-24/h23-24H,2-22,25H2,1H3/p+1/t23-,24+/m0/s1. The van der Waals surface area contributed by atoms with Crippen molar-refractivity contribution >= 4 is 0 Å². The highest BCUT2D eigenvalue weighted by Crippen LogP contribution is 2.19. The van der Waals surface area contributed by atoms with Gasteiger partial charge in [0.15, 0.2) is 0 Å². The Labute approximate surface area is 170 Å². The van der Waals surface area contributed by atoms with Crippen LogP contribution in [-0.2, 0) is 9.47 Å². The fourth-order valence-electron chi connectivity index (χ4n) is 4.08. The predicted molar refractivity (Wildman–Crippen MR) is 116 cm³/mol. The zero-order valence-electron chi connectivity index (χ0n) is 18.5. The number of hydrogen-bond donors (Lipinski definition) is 1. The highest BCUT2D eigenvalue weighted by atomic mass is 16.5. The summed E-state index contributed by atoms with van der Waals surface area (Å²) in [5, 5.41) is 0. The molecule has 0 unspecified atom stereocenters. The van der Waals surface area contributed by atoms with E-state index in [4.69, 9.17) is 9.47 Å². The van der Waals surface area contributed by atoms with Gasteiger partial charge in [-0.15, -0.1) is 0 Å². The first-order valence-corrected chi connectivity index (χ1v) is 12.4. The molecule has 3 nitrogen and oxygen atoms in total. The molecule has 0 aromatic heterocycles. The van der Waals surface area contributed by atoms with Crippen LogP contribution >= 0.6 is 0 Å². The summed E-state index contributed by atoms with van der Waals surface area (Å²) in [6.07, 6.45) is 25.7. The molecule has 3 N–H and O–H groups in total. The minimum atomic E-state index is 0.331. The molecule has 0 amide bonds. The predicted octanol–water partition coefficient (Wildman–Crippen LogP) is 6.05. The van der Waals surface area contributed by atoms with Crippen LogP contribution in [0.5, 0.6) is 0 Å². The molecule has 0 bridgehead atoms. The normalized spacial score (nSPS) is 19.8. The summed E-state index contributed by atoms with van der Waals surface area (Å²) in [5.74, 6) is 0. The molecule has 1 aliphatic rings. The Morgan fingerprint density at radius 3 is 1.56 bits per heavy atom. The average Bonchev–Trinajstić information content (AvgIpc) is 3.15. The van der Waals surface area contributed by atoms with Crippen LogP contribution < -0.4 is 5.73 Å². The summed E-state index contributed by atoms with van der Waals surface area (Å²) in [5.41, 5.74) is 3.92. The van der Waals surface area contributed by atoms with Crippen LogP contribution in [0.2, 0.25) is 0 Å². The van der Waals surface area contributed by atoms with E-state index < -0.39 is 0 Å². The Morgan fingerprint density at radius 2 is 1.11 bits per heavy atom. The number of ether oxygens (including phenoxy) is 2. The lowest BCUT2D eigenvalue weighted by Crippen LogP contribution is -2.55. The number of quaternary nitrogens is 1. The molecular formula is C24H50NO2+. The van der Waals surface area contributed by atoms with Crippen LogP contribution in [0.25, 0.3) is 0 Å². The van der Waals surface area contributed by atoms with E-state index >= 15 is 0 Å². The van der Waals surface area contributed by atoms with E-state index in [0.29, 0.717) is 12.2 Å². The van der Waals surface area contributed by atoms with Crippen LogP contribution in [0.15, 0.2) is 0 Å². The second-order valence-corrected chi connectivity index (χ2v) is 8.62. The van der Waals surface area contributed by atoms with Crippen molar-refractivity contribution in [2.24, 2.45) is 0 Å². The van der Waals surface area contributed by atoms with Crippen molar-refractivity contribution in [3.8, 4) is 0 Å².